The first-order valence-electron chi connectivity index (χ1n) is 9.83. The molecule has 1 aromatic carbocycles. The predicted molar refractivity (Wildman–Crippen MR) is 105 cm³/mol. The number of likely N-dealkylation sites (tertiary alicyclic amines) is 1. The van der Waals surface area contributed by atoms with Crippen molar-refractivity contribution in [3.63, 3.8) is 0 Å². The summed E-state index contributed by atoms with van der Waals surface area (Å²) in [6.45, 7) is 7.48. The van der Waals surface area contributed by atoms with Gasteiger partial charge >= 0.3 is 0 Å². The van der Waals surface area contributed by atoms with Crippen LogP contribution in [0.2, 0.25) is 5.02 Å². The van der Waals surface area contributed by atoms with E-state index < -0.39 is 11.2 Å². The molecular formula is C20H25ClFN5O2. The summed E-state index contributed by atoms with van der Waals surface area (Å²) >= 11 is 6.27. The fourth-order valence-electron chi connectivity index (χ4n) is 4.32. The number of nitrogens with zero attached hydrogens (tertiary/aromatic N) is 5. The van der Waals surface area contributed by atoms with Crippen molar-refractivity contribution < 1.29 is 13.9 Å². The van der Waals surface area contributed by atoms with Crippen molar-refractivity contribution in [3.8, 4) is 0 Å². The van der Waals surface area contributed by atoms with Crippen LogP contribution < -0.4 is 0 Å². The van der Waals surface area contributed by atoms with E-state index in [4.69, 9.17) is 16.3 Å². The molecule has 2 aliphatic heterocycles. The molecule has 2 aliphatic rings. The third-order valence-corrected chi connectivity index (χ3v) is 6.26. The largest absolute Gasteiger partial charge is 0.381 e. The lowest BCUT2D eigenvalue weighted by Crippen LogP contribution is -2.39. The number of benzene rings is 1. The first-order valence-corrected chi connectivity index (χ1v) is 10.2. The number of halogens is 2. The monoisotopic (exact) mass is 421 g/mol. The maximum atomic E-state index is 13.6. The van der Waals surface area contributed by atoms with Gasteiger partial charge in [0, 0.05) is 24.8 Å². The number of aromatic nitrogens is 4. The van der Waals surface area contributed by atoms with E-state index in [2.05, 4.69) is 15.5 Å². The molecule has 0 N–H and O–H groups in total. The Kier molecular flexibility index (Phi) is 5.11. The fourth-order valence-corrected chi connectivity index (χ4v) is 4.55. The van der Waals surface area contributed by atoms with E-state index in [1.54, 1.807) is 15.6 Å². The smallest absolute Gasteiger partial charge is 0.229 e. The highest BCUT2D eigenvalue weighted by Gasteiger charge is 2.54. The highest BCUT2D eigenvalue weighted by molar-refractivity contribution is 6.31. The van der Waals surface area contributed by atoms with Crippen molar-refractivity contribution in [1.82, 2.24) is 25.1 Å². The van der Waals surface area contributed by atoms with Crippen LogP contribution in [0.4, 0.5) is 4.39 Å². The molecule has 2 aromatic rings. The Balaban J connectivity index is 1.74. The average Bonchev–Trinajstić information content (AvgIpc) is 3.24. The van der Waals surface area contributed by atoms with Gasteiger partial charge in [0.25, 0.3) is 0 Å². The molecule has 0 radical (unpaired) electrons. The van der Waals surface area contributed by atoms with Crippen LogP contribution in [0.3, 0.4) is 0 Å². The Labute approximate surface area is 174 Å². The van der Waals surface area contributed by atoms with Crippen LogP contribution in [0.5, 0.6) is 0 Å². The minimum absolute atomic E-state index is 0.0645. The number of carbonyl (C=O) groups excluding carboxylic acids is 1. The molecule has 156 valence electrons. The predicted octanol–water partition coefficient (Wildman–Crippen LogP) is 3.49. The van der Waals surface area contributed by atoms with Gasteiger partial charge in [0.2, 0.25) is 5.91 Å². The normalized spacial score (nSPS) is 21.9. The van der Waals surface area contributed by atoms with Gasteiger partial charge in [-0.15, -0.1) is 5.10 Å². The molecule has 9 heteroatoms. The lowest BCUT2D eigenvalue weighted by atomic mass is 9.77. The van der Waals surface area contributed by atoms with E-state index in [0.717, 1.165) is 0 Å². The molecule has 3 heterocycles. The maximum absolute atomic E-state index is 13.6. The standard InChI is InChI=1S/C20H25ClFN5O2/c1-19(2,3)27-17(23-24-25-27)16-11-20(6-8-29-9-7-20)18(28)26(16)12-13-4-5-14(22)10-15(13)21/h4-5,10,16H,6-9,11-12H2,1-3H3. The number of carbonyl (C=O) groups is 1. The van der Waals surface area contributed by atoms with Crippen LogP contribution in [0.25, 0.3) is 0 Å². The zero-order chi connectivity index (χ0) is 20.8. The number of hydrogen-bond acceptors (Lipinski definition) is 5. The molecule has 1 atom stereocenters. The summed E-state index contributed by atoms with van der Waals surface area (Å²) in [5.74, 6) is 0.322. The Bertz CT molecular complexity index is 920. The summed E-state index contributed by atoms with van der Waals surface area (Å²) in [5, 5.41) is 12.7. The van der Waals surface area contributed by atoms with Crippen molar-refractivity contribution >= 4 is 17.5 Å². The number of ether oxygens (including phenoxy) is 1. The van der Waals surface area contributed by atoms with E-state index in [0.29, 0.717) is 48.9 Å². The zero-order valence-corrected chi connectivity index (χ0v) is 17.6. The minimum Gasteiger partial charge on any atom is -0.381 e. The third kappa shape index (κ3) is 3.64. The van der Waals surface area contributed by atoms with Crippen molar-refractivity contribution in [2.45, 2.75) is 58.2 Å². The highest BCUT2D eigenvalue weighted by atomic mass is 35.5. The number of tetrazole rings is 1. The van der Waals surface area contributed by atoms with Gasteiger partial charge < -0.3 is 9.64 Å². The zero-order valence-electron chi connectivity index (χ0n) is 16.9. The molecule has 2 saturated heterocycles. The molecule has 0 saturated carbocycles. The molecule has 7 nitrogen and oxygen atoms in total. The van der Waals surface area contributed by atoms with E-state index in [1.165, 1.54) is 12.1 Å². The Morgan fingerprint density at radius 1 is 1.31 bits per heavy atom. The molecule has 1 unspecified atom stereocenters. The van der Waals surface area contributed by atoms with Gasteiger partial charge in [-0.3, -0.25) is 4.79 Å². The maximum Gasteiger partial charge on any atom is 0.229 e. The van der Waals surface area contributed by atoms with Gasteiger partial charge in [-0.25, -0.2) is 9.07 Å². The summed E-state index contributed by atoms with van der Waals surface area (Å²) in [6.07, 6.45) is 1.98. The molecule has 1 amide bonds. The van der Waals surface area contributed by atoms with Gasteiger partial charge in [-0.1, -0.05) is 17.7 Å². The van der Waals surface area contributed by atoms with E-state index in [-0.39, 0.29) is 24.0 Å². The van der Waals surface area contributed by atoms with Crippen molar-refractivity contribution in [3.05, 3.63) is 40.4 Å². The Morgan fingerprint density at radius 2 is 2.03 bits per heavy atom. The first-order chi connectivity index (χ1) is 13.7. The third-order valence-electron chi connectivity index (χ3n) is 5.91. The molecule has 4 rings (SSSR count). The van der Waals surface area contributed by atoms with Crippen molar-refractivity contribution in [2.75, 3.05) is 13.2 Å². The SMILES string of the molecule is CC(C)(C)n1nnnc1C1CC2(CCOCC2)C(=O)N1Cc1ccc(F)cc1Cl. The van der Waals surface area contributed by atoms with Gasteiger partial charge in [-0.05, 0) is 68.2 Å². The lowest BCUT2D eigenvalue weighted by Gasteiger charge is -2.31. The summed E-state index contributed by atoms with van der Waals surface area (Å²) in [5.41, 5.74) is -0.110. The quantitative estimate of drug-likeness (QED) is 0.758. The van der Waals surface area contributed by atoms with Crippen LogP contribution in [-0.4, -0.2) is 44.2 Å². The second-order valence-corrected chi connectivity index (χ2v) is 9.31. The van der Waals surface area contributed by atoms with E-state index >= 15 is 0 Å². The van der Waals surface area contributed by atoms with Gasteiger partial charge in [0.05, 0.1) is 17.0 Å². The minimum atomic E-state index is -0.482. The second kappa shape index (κ2) is 7.32. The number of rotatable bonds is 3. The van der Waals surface area contributed by atoms with Gasteiger partial charge in [0.15, 0.2) is 5.82 Å². The molecule has 1 spiro atoms. The molecule has 2 fully saturated rings. The summed E-state index contributed by atoms with van der Waals surface area (Å²) in [7, 11) is 0. The van der Waals surface area contributed by atoms with Crippen LogP contribution in [0.15, 0.2) is 18.2 Å². The highest BCUT2D eigenvalue weighted by Crippen LogP contribution is 2.50. The van der Waals surface area contributed by atoms with Crippen LogP contribution >= 0.6 is 11.6 Å². The van der Waals surface area contributed by atoms with Gasteiger partial charge in [-0.2, -0.15) is 0 Å². The van der Waals surface area contributed by atoms with Crippen LogP contribution in [0, 0.1) is 11.2 Å². The Morgan fingerprint density at radius 3 is 2.69 bits per heavy atom. The first kappa shape index (κ1) is 20.2. The second-order valence-electron chi connectivity index (χ2n) is 8.90. The summed E-state index contributed by atoms with van der Waals surface area (Å²) < 4.78 is 20.8. The molecule has 0 aliphatic carbocycles. The number of hydrogen-bond donors (Lipinski definition) is 0. The number of amides is 1. The summed E-state index contributed by atoms with van der Waals surface area (Å²) in [4.78, 5) is 15.4. The summed E-state index contributed by atoms with van der Waals surface area (Å²) in [6, 6.07) is 3.98. The average molecular weight is 422 g/mol. The molecular weight excluding hydrogens is 397 g/mol. The van der Waals surface area contributed by atoms with Crippen LogP contribution in [-0.2, 0) is 21.6 Å². The van der Waals surface area contributed by atoms with E-state index in [1.807, 2.05) is 20.8 Å². The molecule has 29 heavy (non-hydrogen) atoms. The van der Waals surface area contributed by atoms with Crippen molar-refractivity contribution in [1.29, 1.82) is 0 Å². The molecule has 1 aromatic heterocycles. The Hall–Kier alpha value is -2.06. The van der Waals surface area contributed by atoms with Gasteiger partial charge in [0.1, 0.15) is 5.82 Å². The van der Waals surface area contributed by atoms with E-state index in [9.17, 15) is 9.18 Å². The fraction of sp³-hybridized carbons (Fsp3) is 0.600. The van der Waals surface area contributed by atoms with Crippen molar-refractivity contribution in [2.24, 2.45) is 5.41 Å². The van der Waals surface area contributed by atoms with Crippen LogP contribution in [0.1, 0.15) is 57.5 Å². The lowest BCUT2D eigenvalue weighted by molar-refractivity contribution is -0.141. The topological polar surface area (TPSA) is 73.1 Å². The molecule has 0 bridgehead atoms.